The van der Waals surface area contributed by atoms with Gasteiger partial charge in [0.2, 0.25) is 5.88 Å². The highest BCUT2D eigenvalue weighted by Gasteiger charge is 2.19. The van der Waals surface area contributed by atoms with E-state index in [2.05, 4.69) is 38.0 Å². The van der Waals surface area contributed by atoms with E-state index < -0.39 is 0 Å². The minimum Gasteiger partial charge on any atom is -0.481 e. The standard InChI is InChI=1S/C12H20N2O/c1-9(12(2,3)4)13-10-7-6-8-11(14-10)15-5/h6-9H,1-5H3,(H,13,14). The van der Waals surface area contributed by atoms with Crippen molar-refractivity contribution in [3.05, 3.63) is 18.2 Å². The first-order valence-electron chi connectivity index (χ1n) is 5.21. The number of nitrogens with one attached hydrogen (secondary N) is 1. The molecule has 3 heteroatoms. The van der Waals surface area contributed by atoms with Gasteiger partial charge in [0.1, 0.15) is 5.82 Å². The average molecular weight is 208 g/mol. The maximum absolute atomic E-state index is 5.07. The molecule has 0 aliphatic carbocycles. The van der Waals surface area contributed by atoms with Crippen molar-refractivity contribution in [1.82, 2.24) is 4.98 Å². The van der Waals surface area contributed by atoms with Crippen LogP contribution < -0.4 is 10.1 Å². The summed E-state index contributed by atoms with van der Waals surface area (Å²) in [5, 5.41) is 3.37. The highest BCUT2D eigenvalue weighted by atomic mass is 16.5. The van der Waals surface area contributed by atoms with Gasteiger partial charge in [0, 0.05) is 12.1 Å². The first-order chi connectivity index (χ1) is 6.93. The summed E-state index contributed by atoms with van der Waals surface area (Å²) in [6.07, 6.45) is 0. The van der Waals surface area contributed by atoms with Crippen LogP contribution in [0, 0.1) is 5.41 Å². The fraction of sp³-hybridized carbons (Fsp3) is 0.583. The van der Waals surface area contributed by atoms with Crippen LogP contribution >= 0.6 is 0 Å². The maximum atomic E-state index is 5.07. The molecule has 1 atom stereocenters. The van der Waals surface area contributed by atoms with Crippen molar-refractivity contribution in [3.63, 3.8) is 0 Å². The Morgan fingerprint density at radius 2 is 2.00 bits per heavy atom. The molecule has 0 saturated carbocycles. The predicted molar refractivity (Wildman–Crippen MR) is 63.3 cm³/mol. The topological polar surface area (TPSA) is 34.1 Å². The molecule has 1 unspecified atom stereocenters. The number of hydrogen-bond acceptors (Lipinski definition) is 3. The molecule has 0 spiro atoms. The van der Waals surface area contributed by atoms with Crippen LogP contribution in [0.5, 0.6) is 5.88 Å². The quantitative estimate of drug-likeness (QED) is 0.829. The van der Waals surface area contributed by atoms with Crippen LogP contribution in [-0.4, -0.2) is 18.1 Å². The van der Waals surface area contributed by atoms with Crippen LogP contribution in [0.1, 0.15) is 27.7 Å². The third-order valence-electron chi connectivity index (χ3n) is 2.60. The lowest BCUT2D eigenvalue weighted by Crippen LogP contribution is -2.31. The van der Waals surface area contributed by atoms with Crippen molar-refractivity contribution >= 4 is 5.82 Å². The van der Waals surface area contributed by atoms with Gasteiger partial charge in [-0.2, -0.15) is 4.98 Å². The van der Waals surface area contributed by atoms with Crippen LogP contribution in [0.3, 0.4) is 0 Å². The van der Waals surface area contributed by atoms with E-state index in [1.807, 2.05) is 18.2 Å². The average Bonchev–Trinajstić information content (AvgIpc) is 2.16. The number of nitrogens with zero attached hydrogens (tertiary/aromatic N) is 1. The minimum absolute atomic E-state index is 0.213. The zero-order valence-electron chi connectivity index (χ0n) is 10.2. The number of methoxy groups -OCH3 is 1. The Kier molecular flexibility index (Phi) is 3.56. The molecule has 0 amide bonds. The van der Waals surface area contributed by atoms with Crippen LogP contribution in [0.2, 0.25) is 0 Å². The summed E-state index contributed by atoms with van der Waals surface area (Å²) in [6.45, 7) is 8.75. The number of hydrogen-bond donors (Lipinski definition) is 1. The molecule has 0 saturated heterocycles. The third-order valence-corrected chi connectivity index (χ3v) is 2.60. The number of ether oxygens (including phenoxy) is 1. The Morgan fingerprint density at radius 1 is 1.33 bits per heavy atom. The summed E-state index contributed by atoms with van der Waals surface area (Å²) < 4.78 is 5.07. The van der Waals surface area contributed by atoms with Crippen molar-refractivity contribution in [2.45, 2.75) is 33.7 Å². The lowest BCUT2D eigenvalue weighted by Gasteiger charge is -2.28. The molecular weight excluding hydrogens is 188 g/mol. The Labute approximate surface area is 91.9 Å². The smallest absolute Gasteiger partial charge is 0.214 e. The van der Waals surface area contributed by atoms with Crippen molar-refractivity contribution in [3.8, 4) is 5.88 Å². The van der Waals surface area contributed by atoms with Crippen LogP contribution in [0.25, 0.3) is 0 Å². The molecule has 1 aromatic rings. The van der Waals surface area contributed by atoms with Gasteiger partial charge < -0.3 is 10.1 Å². The Bertz CT molecular complexity index is 318. The van der Waals surface area contributed by atoms with Gasteiger partial charge in [0.05, 0.1) is 7.11 Å². The number of aromatic nitrogens is 1. The van der Waals surface area contributed by atoms with Gasteiger partial charge in [-0.25, -0.2) is 0 Å². The highest BCUT2D eigenvalue weighted by molar-refractivity contribution is 5.38. The van der Waals surface area contributed by atoms with Gasteiger partial charge in [0.25, 0.3) is 0 Å². The van der Waals surface area contributed by atoms with Crippen molar-refractivity contribution in [2.75, 3.05) is 12.4 Å². The molecule has 1 N–H and O–H groups in total. The molecule has 1 heterocycles. The molecule has 0 radical (unpaired) electrons. The van der Waals surface area contributed by atoms with E-state index in [9.17, 15) is 0 Å². The first-order valence-corrected chi connectivity index (χ1v) is 5.21. The maximum Gasteiger partial charge on any atom is 0.214 e. The second kappa shape index (κ2) is 4.51. The molecule has 0 aliphatic rings. The molecule has 1 aromatic heterocycles. The number of anilines is 1. The Balaban J connectivity index is 2.72. The Hall–Kier alpha value is -1.25. The lowest BCUT2D eigenvalue weighted by atomic mass is 9.88. The lowest BCUT2D eigenvalue weighted by molar-refractivity contribution is 0.357. The van der Waals surface area contributed by atoms with E-state index in [0.717, 1.165) is 5.82 Å². The monoisotopic (exact) mass is 208 g/mol. The minimum atomic E-state index is 0.213. The van der Waals surface area contributed by atoms with E-state index in [4.69, 9.17) is 4.74 Å². The summed E-state index contributed by atoms with van der Waals surface area (Å²) >= 11 is 0. The predicted octanol–water partition coefficient (Wildman–Crippen LogP) is 2.94. The van der Waals surface area contributed by atoms with Crippen LogP contribution in [0.4, 0.5) is 5.82 Å². The molecule has 0 aliphatic heterocycles. The molecule has 0 bridgehead atoms. The van der Waals surface area contributed by atoms with Gasteiger partial charge in [-0.15, -0.1) is 0 Å². The van der Waals surface area contributed by atoms with Gasteiger partial charge >= 0.3 is 0 Å². The van der Waals surface area contributed by atoms with Crippen molar-refractivity contribution < 1.29 is 4.74 Å². The van der Waals surface area contributed by atoms with Crippen molar-refractivity contribution in [1.29, 1.82) is 0 Å². The summed E-state index contributed by atoms with van der Waals surface area (Å²) in [6, 6.07) is 6.08. The Morgan fingerprint density at radius 3 is 2.53 bits per heavy atom. The van der Waals surface area contributed by atoms with Gasteiger partial charge in [-0.05, 0) is 18.4 Å². The van der Waals surface area contributed by atoms with Crippen molar-refractivity contribution in [2.24, 2.45) is 5.41 Å². The van der Waals surface area contributed by atoms with E-state index >= 15 is 0 Å². The largest absolute Gasteiger partial charge is 0.481 e. The first kappa shape index (κ1) is 11.8. The summed E-state index contributed by atoms with van der Waals surface area (Å²) in [7, 11) is 1.62. The SMILES string of the molecule is COc1cccc(NC(C)C(C)(C)C)n1. The summed E-state index contributed by atoms with van der Waals surface area (Å²) in [5.41, 5.74) is 0.213. The number of pyridine rings is 1. The molecule has 3 nitrogen and oxygen atoms in total. The van der Waals surface area contributed by atoms with Gasteiger partial charge in [-0.1, -0.05) is 26.8 Å². The normalized spacial score (nSPS) is 13.4. The second-order valence-electron chi connectivity index (χ2n) is 4.80. The van der Waals surface area contributed by atoms with E-state index in [0.29, 0.717) is 11.9 Å². The highest BCUT2D eigenvalue weighted by Crippen LogP contribution is 2.22. The molecule has 1 rings (SSSR count). The zero-order valence-corrected chi connectivity index (χ0v) is 10.2. The fourth-order valence-electron chi connectivity index (χ4n) is 1.05. The van der Waals surface area contributed by atoms with Gasteiger partial charge in [-0.3, -0.25) is 0 Å². The molecule has 84 valence electrons. The van der Waals surface area contributed by atoms with Crippen LogP contribution in [0.15, 0.2) is 18.2 Å². The molecule has 0 fully saturated rings. The van der Waals surface area contributed by atoms with E-state index in [1.165, 1.54) is 0 Å². The van der Waals surface area contributed by atoms with Crippen LogP contribution in [-0.2, 0) is 0 Å². The fourth-order valence-corrected chi connectivity index (χ4v) is 1.05. The molecule has 15 heavy (non-hydrogen) atoms. The summed E-state index contributed by atoms with van der Waals surface area (Å²) in [5.74, 6) is 1.50. The van der Waals surface area contributed by atoms with Gasteiger partial charge in [0.15, 0.2) is 0 Å². The number of rotatable bonds is 3. The molecular formula is C12H20N2O. The zero-order chi connectivity index (χ0) is 11.5. The van der Waals surface area contributed by atoms with E-state index in [1.54, 1.807) is 7.11 Å². The third kappa shape index (κ3) is 3.42. The van der Waals surface area contributed by atoms with E-state index in [-0.39, 0.29) is 5.41 Å². The summed E-state index contributed by atoms with van der Waals surface area (Å²) in [4.78, 5) is 4.31. The second-order valence-corrected chi connectivity index (χ2v) is 4.80. The molecule has 0 aromatic carbocycles.